The van der Waals surface area contributed by atoms with E-state index in [1.165, 1.54) is 11.3 Å². The zero-order chi connectivity index (χ0) is 24.1. The summed E-state index contributed by atoms with van der Waals surface area (Å²) >= 11 is 1.48. The third kappa shape index (κ3) is 8.15. The van der Waals surface area contributed by atoms with Gasteiger partial charge in [0.25, 0.3) is 12.9 Å². The minimum absolute atomic E-state index is 0.0250. The number of thiazole rings is 1. The first-order valence-electron chi connectivity index (χ1n) is 10.3. The molecule has 3 heterocycles. The van der Waals surface area contributed by atoms with E-state index in [0.29, 0.717) is 38.4 Å². The Morgan fingerprint density at radius 1 is 1.12 bits per heavy atom. The SMILES string of the molecule is O=C(Cc1ccccn1)N1CCC(Nc2nccs2)(C(=O)NC2CC2)CC1.O=CO.O=CO. The number of anilines is 1. The Morgan fingerprint density at radius 2 is 1.79 bits per heavy atom. The molecule has 0 bridgehead atoms. The lowest BCUT2D eigenvalue weighted by Crippen LogP contribution is -2.59. The highest BCUT2D eigenvalue weighted by molar-refractivity contribution is 7.13. The topological polar surface area (TPSA) is 162 Å². The number of nitrogens with zero attached hydrogens (tertiary/aromatic N) is 3. The average molecular weight is 478 g/mol. The summed E-state index contributed by atoms with van der Waals surface area (Å²) < 4.78 is 0. The Bertz CT molecular complexity index is 878. The van der Waals surface area contributed by atoms with Crippen molar-refractivity contribution in [2.75, 3.05) is 18.4 Å². The lowest BCUT2D eigenvalue weighted by atomic mass is 9.86. The highest BCUT2D eigenvalue weighted by Crippen LogP contribution is 2.30. The molecule has 1 aliphatic heterocycles. The van der Waals surface area contributed by atoms with Crippen molar-refractivity contribution in [1.82, 2.24) is 20.2 Å². The Balaban J connectivity index is 0.000000582. The number of piperidine rings is 1. The van der Waals surface area contributed by atoms with Crippen LogP contribution >= 0.6 is 11.3 Å². The standard InChI is InChI=1S/C19H23N5O2S.2CH2O2/c25-16(13-15-3-1-2-8-20-15)24-10-6-19(7-11-24,17(26)22-14-4-5-14)23-18-21-9-12-27-18;2*2-1-3/h1-3,8-9,12,14H,4-7,10-11,13H2,(H,21,23)(H,22,26);2*1H,(H,2,3). The van der Waals surface area contributed by atoms with Crippen molar-refractivity contribution in [1.29, 1.82) is 0 Å². The summed E-state index contributed by atoms with van der Waals surface area (Å²) in [6.07, 6.45) is 6.96. The van der Waals surface area contributed by atoms with Crippen LogP contribution in [-0.2, 0) is 25.6 Å². The first-order chi connectivity index (χ1) is 16.0. The van der Waals surface area contributed by atoms with Crippen LogP contribution in [0.4, 0.5) is 5.13 Å². The van der Waals surface area contributed by atoms with Crippen LogP contribution in [0.2, 0.25) is 0 Å². The molecule has 2 aliphatic rings. The molecule has 2 aromatic rings. The number of aromatic nitrogens is 2. The van der Waals surface area contributed by atoms with Crippen LogP contribution in [0.25, 0.3) is 0 Å². The first kappa shape index (κ1) is 25.7. The lowest BCUT2D eigenvalue weighted by molar-refractivity contribution is -0.135. The maximum absolute atomic E-state index is 13.0. The molecule has 0 spiro atoms. The molecule has 12 heteroatoms. The molecule has 0 unspecified atom stereocenters. The normalized spacial score (nSPS) is 16.1. The zero-order valence-corrected chi connectivity index (χ0v) is 18.7. The van der Waals surface area contributed by atoms with Crippen molar-refractivity contribution in [2.24, 2.45) is 0 Å². The van der Waals surface area contributed by atoms with Crippen molar-refractivity contribution in [3.63, 3.8) is 0 Å². The van der Waals surface area contributed by atoms with Crippen molar-refractivity contribution in [3.8, 4) is 0 Å². The molecular weight excluding hydrogens is 450 g/mol. The van der Waals surface area contributed by atoms with Gasteiger partial charge in [0.15, 0.2) is 5.13 Å². The van der Waals surface area contributed by atoms with E-state index < -0.39 is 5.54 Å². The van der Waals surface area contributed by atoms with Gasteiger partial charge in [0.1, 0.15) is 5.54 Å². The van der Waals surface area contributed by atoms with Gasteiger partial charge in [0.05, 0.1) is 6.42 Å². The lowest BCUT2D eigenvalue weighted by Gasteiger charge is -2.41. The van der Waals surface area contributed by atoms with Gasteiger partial charge in [-0.3, -0.25) is 24.2 Å². The summed E-state index contributed by atoms with van der Waals surface area (Å²) in [6.45, 7) is 0.588. The van der Waals surface area contributed by atoms with Crippen LogP contribution in [0.3, 0.4) is 0 Å². The molecule has 2 amide bonds. The molecule has 0 atom stereocenters. The second-order valence-electron chi connectivity index (χ2n) is 7.38. The maximum Gasteiger partial charge on any atom is 0.290 e. The van der Waals surface area contributed by atoms with Gasteiger partial charge in [-0.25, -0.2) is 4.98 Å². The van der Waals surface area contributed by atoms with E-state index in [2.05, 4.69) is 20.6 Å². The molecule has 1 saturated heterocycles. The van der Waals surface area contributed by atoms with Gasteiger partial charge in [0, 0.05) is 42.6 Å². The smallest absolute Gasteiger partial charge is 0.290 e. The van der Waals surface area contributed by atoms with E-state index in [1.54, 1.807) is 12.4 Å². The third-order valence-corrected chi connectivity index (χ3v) is 5.84. The summed E-state index contributed by atoms with van der Waals surface area (Å²) in [4.78, 5) is 52.6. The van der Waals surface area contributed by atoms with E-state index in [0.717, 1.165) is 23.7 Å². The highest BCUT2D eigenvalue weighted by Gasteiger charge is 2.44. The Kier molecular flexibility index (Phi) is 10.2. The molecule has 4 rings (SSSR count). The molecule has 11 nitrogen and oxygen atoms in total. The fourth-order valence-corrected chi connectivity index (χ4v) is 3.98. The van der Waals surface area contributed by atoms with Crippen LogP contribution in [0.5, 0.6) is 0 Å². The number of hydrogen-bond acceptors (Lipinski definition) is 8. The molecule has 178 valence electrons. The van der Waals surface area contributed by atoms with Gasteiger partial charge in [-0.15, -0.1) is 11.3 Å². The summed E-state index contributed by atoms with van der Waals surface area (Å²) in [5, 5.41) is 22.9. The number of hydrogen-bond donors (Lipinski definition) is 4. The Labute approximate surface area is 194 Å². The van der Waals surface area contributed by atoms with Crippen LogP contribution < -0.4 is 10.6 Å². The largest absolute Gasteiger partial charge is 0.483 e. The maximum atomic E-state index is 13.0. The van der Waals surface area contributed by atoms with Gasteiger partial charge in [-0.1, -0.05) is 6.07 Å². The number of carboxylic acid groups (broad SMARTS) is 2. The highest BCUT2D eigenvalue weighted by atomic mass is 32.1. The van der Waals surface area contributed by atoms with Crippen LogP contribution in [0.1, 0.15) is 31.4 Å². The van der Waals surface area contributed by atoms with Crippen molar-refractivity contribution in [3.05, 3.63) is 41.7 Å². The van der Waals surface area contributed by atoms with E-state index in [1.807, 2.05) is 28.5 Å². The number of carbonyl (C=O) groups is 4. The van der Waals surface area contributed by atoms with E-state index in [9.17, 15) is 9.59 Å². The molecule has 0 aromatic carbocycles. The molecular formula is C21H27N5O6S. The summed E-state index contributed by atoms with van der Waals surface area (Å²) in [5.74, 6) is 0.0798. The predicted molar refractivity (Wildman–Crippen MR) is 121 cm³/mol. The Morgan fingerprint density at radius 3 is 2.30 bits per heavy atom. The zero-order valence-electron chi connectivity index (χ0n) is 17.9. The van der Waals surface area contributed by atoms with Crippen LogP contribution in [0, 0.1) is 0 Å². The number of amides is 2. The van der Waals surface area contributed by atoms with E-state index >= 15 is 0 Å². The molecule has 1 saturated carbocycles. The number of nitrogens with one attached hydrogen (secondary N) is 2. The quantitative estimate of drug-likeness (QED) is 0.448. The summed E-state index contributed by atoms with van der Waals surface area (Å²) in [7, 11) is 0. The number of pyridine rings is 1. The second-order valence-corrected chi connectivity index (χ2v) is 8.28. The molecule has 33 heavy (non-hydrogen) atoms. The van der Waals surface area contributed by atoms with Gasteiger partial charge in [0.2, 0.25) is 11.8 Å². The van der Waals surface area contributed by atoms with Gasteiger partial charge < -0.3 is 25.7 Å². The number of rotatable bonds is 6. The van der Waals surface area contributed by atoms with Gasteiger partial charge >= 0.3 is 0 Å². The minimum atomic E-state index is -0.706. The van der Waals surface area contributed by atoms with Crippen molar-refractivity contribution in [2.45, 2.75) is 43.7 Å². The minimum Gasteiger partial charge on any atom is -0.483 e. The summed E-state index contributed by atoms with van der Waals surface area (Å²) in [5.41, 5.74) is 0.0640. The van der Waals surface area contributed by atoms with Crippen molar-refractivity contribution >= 4 is 41.2 Å². The van der Waals surface area contributed by atoms with Gasteiger partial charge in [-0.05, 0) is 37.8 Å². The number of likely N-dealkylation sites (tertiary alicyclic amines) is 1. The average Bonchev–Trinajstić information content (AvgIpc) is 3.48. The van der Waals surface area contributed by atoms with E-state index in [4.69, 9.17) is 19.8 Å². The monoisotopic (exact) mass is 477 g/mol. The molecule has 2 aromatic heterocycles. The fourth-order valence-electron chi connectivity index (χ4n) is 3.36. The molecule has 0 radical (unpaired) electrons. The van der Waals surface area contributed by atoms with Gasteiger partial charge in [-0.2, -0.15) is 0 Å². The molecule has 1 aliphatic carbocycles. The second kappa shape index (κ2) is 13.1. The Hall–Kier alpha value is -3.54. The fraction of sp³-hybridized carbons (Fsp3) is 0.429. The number of carbonyl (C=O) groups excluding carboxylic acids is 2. The van der Waals surface area contributed by atoms with Crippen LogP contribution in [0.15, 0.2) is 36.0 Å². The van der Waals surface area contributed by atoms with Crippen LogP contribution in [-0.4, -0.2) is 74.5 Å². The molecule has 2 fully saturated rings. The van der Waals surface area contributed by atoms with Crippen molar-refractivity contribution < 1.29 is 29.4 Å². The third-order valence-electron chi connectivity index (χ3n) is 5.15. The predicted octanol–water partition coefficient (Wildman–Crippen LogP) is 1.23. The molecule has 4 N–H and O–H groups in total. The first-order valence-corrected chi connectivity index (χ1v) is 11.2. The van der Waals surface area contributed by atoms with E-state index in [-0.39, 0.29) is 24.8 Å². The summed E-state index contributed by atoms with van der Waals surface area (Å²) in [6, 6.07) is 5.89.